The summed E-state index contributed by atoms with van der Waals surface area (Å²) in [5, 5.41) is 15.8. The molecule has 1 aromatic carbocycles. The number of carbonyl (C=O) groups is 2. The number of rotatable bonds is 8. The fourth-order valence-corrected chi connectivity index (χ4v) is 4.95. The second-order valence-corrected chi connectivity index (χ2v) is 10.4. The minimum Gasteiger partial charge on any atom is -0.477 e. The van der Waals surface area contributed by atoms with E-state index in [1.165, 1.54) is 24.5 Å². The van der Waals surface area contributed by atoms with E-state index < -0.39 is 34.9 Å². The largest absolute Gasteiger partial charge is 0.477 e. The number of alkyl halides is 3. The summed E-state index contributed by atoms with van der Waals surface area (Å²) >= 11 is 0.766. The van der Waals surface area contributed by atoms with Gasteiger partial charge >= 0.3 is 18.2 Å². The molecule has 0 aliphatic carbocycles. The van der Waals surface area contributed by atoms with E-state index in [2.05, 4.69) is 20.6 Å². The number of hydrogen-bond donors (Lipinski definition) is 3. The molecule has 3 heterocycles. The van der Waals surface area contributed by atoms with Crippen molar-refractivity contribution >= 4 is 40.1 Å². The molecule has 14 heteroatoms. The standard InChI is InChI=1S/C27H27F3N6O4S/c1-5-31-26(40)34-22-9-16(24-33-21(13-41-24)27(28,29)30)18(10-32-22)15-6-7-20-17(8-15)23(37)19(25(38)39)12-36(20)11-14(2)35(3)4/h6-10,12-14H,5,11H2,1-4H3,(H,38,39)(H2,31,32,34,40). The average Bonchev–Trinajstić information content (AvgIpc) is 3.41. The number of nitrogens with one attached hydrogen (secondary N) is 2. The topological polar surface area (TPSA) is 129 Å². The monoisotopic (exact) mass is 588 g/mol. The molecule has 0 bridgehead atoms. The minimum atomic E-state index is -4.66. The molecule has 1 atom stereocenters. The SMILES string of the molecule is CCNC(=O)Nc1cc(-c2nc(C(F)(F)F)cs2)c(-c2ccc3c(c2)c(=O)c(C(=O)O)cn3CC(C)N(C)C)cn1. The molecule has 0 saturated heterocycles. The number of pyridine rings is 2. The molecule has 0 spiro atoms. The van der Waals surface area contributed by atoms with Crippen molar-refractivity contribution in [1.82, 2.24) is 24.8 Å². The van der Waals surface area contributed by atoms with Crippen LogP contribution in [0.25, 0.3) is 32.6 Å². The van der Waals surface area contributed by atoms with Crippen molar-refractivity contribution in [2.75, 3.05) is 26.0 Å². The number of amides is 2. The van der Waals surface area contributed by atoms with Crippen LogP contribution in [0.1, 0.15) is 29.9 Å². The van der Waals surface area contributed by atoms with Crippen LogP contribution in [0.3, 0.4) is 0 Å². The smallest absolute Gasteiger partial charge is 0.434 e. The molecule has 10 nitrogen and oxygen atoms in total. The number of hydrogen-bond acceptors (Lipinski definition) is 7. The number of anilines is 1. The van der Waals surface area contributed by atoms with Gasteiger partial charge in [0.15, 0.2) is 5.69 Å². The normalized spacial score (nSPS) is 12.5. The van der Waals surface area contributed by atoms with Crippen molar-refractivity contribution in [2.45, 2.75) is 32.6 Å². The number of carboxylic acid groups (broad SMARTS) is 1. The second-order valence-electron chi connectivity index (χ2n) is 9.51. The van der Waals surface area contributed by atoms with Crippen molar-refractivity contribution < 1.29 is 27.9 Å². The second kappa shape index (κ2) is 11.7. The zero-order chi connectivity index (χ0) is 30.1. The van der Waals surface area contributed by atoms with E-state index in [0.717, 1.165) is 16.7 Å². The van der Waals surface area contributed by atoms with Gasteiger partial charge in [0.25, 0.3) is 0 Å². The van der Waals surface area contributed by atoms with Crippen LogP contribution >= 0.6 is 11.3 Å². The van der Waals surface area contributed by atoms with Gasteiger partial charge in [0.1, 0.15) is 16.4 Å². The van der Waals surface area contributed by atoms with Crippen LogP contribution in [0.5, 0.6) is 0 Å². The molecule has 0 aliphatic heterocycles. The molecule has 0 saturated carbocycles. The lowest BCUT2D eigenvalue weighted by molar-refractivity contribution is -0.140. The Balaban J connectivity index is 1.92. The van der Waals surface area contributed by atoms with Gasteiger partial charge < -0.3 is 19.9 Å². The number of benzene rings is 1. The summed E-state index contributed by atoms with van der Waals surface area (Å²) in [6.07, 6.45) is -1.98. The Bertz CT molecular complexity index is 1680. The van der Waals surface area contributed by atoms with Gasteiger partial charge in [-0.1, -0.05) is 6.07 Å². The third kappa shape index (κ3) is 6.38. The van der Waals surface area contributed by atoms with Crippen LogP contribution in [0.4, 0.5) is 23.8 Å². The number of aromatic nitrogens is 3. The lowest BCUT2D eigenvalue weighted by Crippen LogP contribution is -2.30. The van der Waals surface area contributed by atoms with Crippen LogP contribution in [0, 0.1) is 0 Å². The molecule has 0 radical (unpaired) electrons. The number of thiazole rings is 1. The Morgan fingerprint density at radius 1 is 1.20 bits per heavy atom. The van der Waals surface area contributed by atoms with Crippen LogP contribution in [-0.4, -0.2) is 63.2 Å². The number of urea groups is 1. The molecule has 3 N–H and O–H groups in total. The van der Waals surface area contributed by atoms with Crippen molar-refractivity contribution in [1.29, 1.82) is 0 Å². The van der Waals surface area contributed by atoms with Gasteiger partial charge in [-0.3, -0.25) is 10.1 Å². The van der Waals surface area contributed by atoms with Gasteiger partial charge in [0, 0.05) is 53.4 Å². The molecule has 3 aromatic heterocycles. The highest BCUT2D eigenvalue weighted by Crippen LogP contribution is 2.39. The first-order valence-corrected chi connectivity index (χ1v) is 13.3. The molecule has 216 valence electrons. The summed E-state index contributed by atoms with van der Waals surface area (Å²) in [4.78, 5) is 47.2. The lowest BCUT2D eigenvalue weighted by Gasteiger charge is -2.23. The van der Waals surface area contributed by atoms with E-state index >= 15 is 0 Å². The highest BCUT2D eigenvalue weighted by Gasteiger charge is 2.34. The molecular formula is C27H27F3N6O4S. The number of halogens is 3. The maximum atomic E-state index is 13.4. The molecule has 1 unspecified atom stereocenters. The number of carboxylic acids is 1. The minimum absolute atomic E-state index is 0.00973. The fourth-order valence-electron chi connectivity index (χ4n) is 4.10. The first kappa shape index (κ1) is 29.7. The van der Waals surface area contributed by atoms with Gasteiger partial charge in [-0.05, 0) is 51.7 Å². The number of nitrogens with zero attached hydrogens (tertiary/aromatic N) is 4. The Morgan fingerprint density at radius 3 is 2.54 bits per heavy atom. The van der Waals surface area contributed by atoms with Crippen LogP contribution in [0.15, 0.2) is 46.8 Å². The molecular weight excluding hydrogens is 561 g/mol. The summed E-state index contributed by atoms with van der Waals surface area (Å²) in [5.74, 6) is -1.30. The molecule has 4 rings (SSSR count). The average molecular weight is 589 g/mol. The summed E-state index contributed by atoms with van der Waals surface area (Å²) < 4.78 is 41.8. The highest BCUT2D eigenvalue weighted by molar-refractivity contribution is 7.13. The van der Waals surface area contributed by atoms with Gasteiger partial charge in [-0.2, -0.15) is 13.2 Å². The Kier molecular flexibility index (Phi) is 8.44. The molecule has 0 fully saturated rings. The maximum absolute atomic E-state index is 13.4. The van der Waals surface area contributed by atoms with E-state index in [4.69, 9.17) is 0 Å². The summed E-state index contributed by atoms with van der Waals surface area (Å²) in [6, 6.07) is 5.70. The number of aromatic carboxylic acids is 1. The summed E-state index contributed by atoms with van der Waals surface area (Å²) in [7, 11) is 3.76. The van der Waals surface area contributed by atoms with Crippen LogP contribution in [-0.2, 0) is 12.7 Å². The van der Waals surface area contributed by atoms with Gasteiger partial charge in [0.2, 0.25) is 5.43 Å². The first-order valence-electron chi connectivity index (χ1n) is 12.5. The maximum Gasteiger partial charge on any atom is 0.434 e. The number of carbonyl (C=O) groups excluding carboxylic acids is 1. The van der Waals surface area contributed by atoms with Crippen LogP contribution in [0.2, 0.25) is 0 Å². The fraction of sp³-hybridized carbons (Fsp3) is 0.296. The van der Waals surface area contributed by atoms with E-state index in [0.29, 0.717) is 29.7 Å². The quantitative estimate of drug-likeness (QED) is 0.264. The van der Waals surface area contributed by atoms with Crippen LogP contribution < -0.4 is 16.1 Å². The van der Waals surface area contributed by atoms with Crippen molar-refractivity contribution in [3.8, 4) is 21.7 Å². The highest BCUT2D eigenvalue weighted by atomic mass is 32.1. The molecule has 2 amide bonds. The van der Waals surface area contributed by atoms with E-state index in [-0.39, 0.29) is 27.8 Å². The van der Waals surface area contributed by atoms with Gasteiger partial charge in [0.05, 0.1) is 5.52 Å². The predicted octanol–water partition coefficient (Wildman–Crippen LogP) is 5.00. The number of fused-ring (bicyclic) bond motifs is 1. The molecule has 4 aromatic rings. The van der Waals surface area contributed by atoms with Crippen molar-refractivity contribution in [2.24, 2.45) is 0 Å². The van der Waals surface area contributed by atoms with Crippen molar-refractivity contribution in [3.63, 3.8) is 0 Å². The number of likely N-dealkylation sites (N-methyl/N-ethyl adjacent to an activating group) is 1. The summed E-state index contributed by atoms with van der Waals surface area (Å²) in [6.45, 7) is 4.42. The molecule has 41 heavy (non-hydrogen) atoms. The Labute approximate surface area is 236 Å². The zero-order valence-corrected chi connectivity index (χ0v) is 23.4. The first-order chi connectivity index (χ1) is 19.3. The van der Waals surface area contributed by atoms with Gasteiger partial charge in [-0.25, -0.2) is 19.6 Å². The van der Waals surface area contributed by atoms with E-state index in [9.17, 15) is 32.7 Å². The van der Waals surface area contributed by atoms with E-state index in [1.54, 1.807) is 23.6 Å². The third-order valence-corrected chi connectivity index (χ3v) is 7.35. The van der Waals surface area contributed by atoms with E-state index in [1.807, 2.05) is 25.9 Å². The molecule has 0 aliphatic rings. The van der Waals surface area contributed by atoms with Gasteiger partial charge in [-0.15, -0.1) is 11.3 Å². The predicted molar refractivity (Wildman–Crippen MR) is 150 cm³/mol. The summed E-state index contributed by atoms with van der Waals surface area (Å²) in [5.41, 5.74) is -0.695. The lowest BCUT2D eigenvalue weighted by atomic mass is 9.99. The van der Waals surface area contributed by atoms with Crippen molar-refractivity contribution in [3.05, 3.63) is 63.5 Å². The Hall–Kier alpha value is -4.30. The Morgan fingerprint density at radius 2 is 1.93 bits per heavy atom. The zero-order valence-electron chi connectivity index (χ0n) is 22.5. The third-order valence-electron chi connectivity index (χ3n) is 6.47.